The number of halogens is 1. The van der Waals surface area contributed by atoms with E-state index >= 15 is 0 Å². The number of ketones is 1. The Bertz CT molecular complexity index is 504. The van der Waals surface area contributed by atoms with E-state index in [9.17, 15) is 4.79 Å². The highest BCUT2D eigenvalue weighted by Gasteiger charge is 2.08. The quantitative estimate of drug-likeness (QED) is 0.766. The van der Waals surface area contributed by atoms with Gasteiger partial charge in [0.05, 0.1) is 6.54 Å². The Balaban J connectivity index is 2.15. The Morgan fingerprint density at radius 2 is 2.06 bits per heavy atom. The third-order valence-corrected chi connectivity index (χ3v) is 2.54. The van der Waals surface area contributed by atoms with Crippen molar-refractivity contribution in [2.75, 3.05) is 0 Å². The number of aryl methyl sites for hydroxylation is 1. The summed E-state index contributed by atoms with van der Waals surface area (Å²) < 4.78 is 1.71. The summed E-state index contributed by atoms with van der Waals surface area (Å²) in [4.78, 5) is 11.9. The van der Waals surface area contributed by atoms with Crippen molar-refractivity contribution in [1.29, 1.82) is 0 Å². The predicted molar refractivity (Wildman–Crippen MR) is 60.5 cm³/mol. The summed E-state index contributed by atoms with van der Waals surface area (Å²) in [6.07, 6.45) is 1.54. The van der Waals surface area contributed by atoms with E-state index in [0.717, 1.165) is 5.82 Å². The molecule has 0 amide bonds. The van der Waals surface area contributed by atoms with Crippen LogP contribution in [0.1, 0.15) is 16.2 Å². The molecule has 0 aliphatic carbocycles. The molecule has 0 bridgehead atoms. The highest BCUT2D eigenvalue weighted by Crippen LogP contribution is 2.10. The zero-order valence-corrected chi connectivity index (χ0v) is 9.48. The molecule has 0 radical (unpaired) electrons. The van der Waals surface area contributed by atoms with Gasteiger partial charge in [0.1, 0.15) is 12.2 Å². The lowest BCUT2D eigenvalue weighted by Gasteiger charge is -2.03. The smallest absolute Gasteiger partial charge is 0.182 e. The number of benzene rings is 1. The van der Waals surface area contributed by atoms with Crippen LogP contribution in [0.3, 0.4) is 0 Å². The van der Waals surface area contributed by atoms with Gasteiger partial charge in [-0.05, 0) is 31.2 Å². The van der Waals surface area contributed by atoms with Crippen molar-refractivity contribution in [3.8, 4) is 0 Å². The van der Waals surface area contributed by atoms with Crippen LogP contribution in [-0.2, 0) is 6.54 Å². The van der Waals surface area contributed by atoms with Gasteiger partial charge in [-0.2, -0.15) is 0 Å². The molecule has 0 atom stereocenters. The molecule has 16 heavy (non-hydrogen) atoms. The fourth-order valence-corrected chi connectivity index (χ4v) is 1.48. The van der Waals surface area contributed by atoms with E-state index in [1.54, 1.807) is 35.2 Å². The van der Waals surface area contributed by atoms with E-state index in [-0.39, 0.29) is 12.3 Å². The maximum atomic E-state index is 11.9. The van der Waals surface area contributed by atoms with Crippen LogP contribution in [0.25, 0.3) is 0 Å². The zero-order chi connectivity index (χ0) is 11.5. The molecule has 0 aliphatic heterocycles. The average molecular weight is 236 g/mol. The Morgan fingerprint density at radius 1 is 1.38 bits per heavy atom. The second kappa shape index (κ2) is 4.45. The molecule has 0 fully saturated rings. The van der Waals surface area contributed by atoms with Gasteiger partial charge < -0.3 is 4.57 Å². The number of nitrogens with zero attached hydrogens (tertiary/aromatic N) is 3. The van der Waals surface area contributed by atoms with Gasteiger partial charge in [-0.25, -0.2) is 0 Å². The monoisotopic (exact) mass is 235 g/mol. The molecule has 0 saturated heterocycles. The lowest BCUT2D eigenvalue weighted by Crippen LogP contribution is -2.10. The van der Waals surface area contributed by atoms with Crippen LogP contribution in [0.5, 0.6) is 0 Å². The highest BCUT2D eigenvalue weighted by atomic mass is 35.5. The Hall–Kier alpha value is -1.68. The molecule has 2 aromatic rings. The minimum Gasteiger partial charge on any atom is -0.310 e. The molecule has 2 rings (SSSR count). The molecular formula is C11H10ClN3O. The van der Waals surface area contributed by atoms with Crippen molar-refractivity contribution < 1.29 is 4.79 Å². The van der Waals surface area contributed by atoms with Crippen LogP contribution < -0.4 is 0 Å². The minimum absolute atomic E-state index is 0.0135. The van der Waals surface area contributed by atoms with Crippen molar-refractivity contribution in [3.63, 3.8) is 0 Å². The fourth-order valence-electron chi connectivity index (χ4n) is 1.35. The van der Waals surface area contributed by atoms with Gasteiger partial charge in [0.2, 0.25) is 0 Å². The third kappa shape index (κ3) is 2.28. The van der Waals surface area contributed by atoms with E-state index in [0.29, 0.717) is 10.6 Å². The van der Waals surface area contributed by atoms with Crippen LogP contribution in [0.4, 0.5) is 0 Å². The lowest BCUT2D eigenvalue weighted by molar-refractivity contribution is 0.0971. The normalized spacial score (nSPS) is 10.4. The van der Waals surface area contributed by atoms with Crippen molar-refractivity contribution in [2.45, 2.75) is 13.5 Å². The molecule has 0 aliphatic rings. The molecule has 0 saturated carbocycles. The largest absolute Gasteiger partial charge is 0.310 e. The first-order chi connectivity index (χ1) is 7.66. The van der Waals surface area contributed by atoms with Crippen LogP contribution in [0, 0.1) is 6.92 Å². The van der Waals surface area contributed by atoms with Gasteiger partial charge in [0.15, 0.2) is 5.78 Å². The standard InChI is InChI=1S/C11H10ClN3O/c1-8-14-13-7-15(8)6-11(16)9-2-4-10(12)5-3-9/h2-5,7H,6H2,1H3. The lowest BCUT2D eigenvalue weighted by atomic mass is 10.1. The molecule has 0 unspecified atom stereocenters. The number of hydrogen-bond acceptors (Lipinski definition) is 3. The number of Topliss-reactive ketones (excluding diaryl/α,β-unsaturated/α-hetero) is 1. The topological polar surface area (TPSA) is 47.8 Å². The second-order valence-electron chi connectivity index (χ2n) is 3.44. The van der Waals surface area contributed by atoms with Gasteiger partial charge in [-0.3, -0.25) is 4.79 Å². The SMILES string of the molecule is Cc1nncn1CC(=O)c1ccc(Cl)cc1. The number of carbonyl (C=O) groups excluding carboxylic acids is 1. The molecule has 0 spiro atoms. The highest BCUT2D eigenvalue weighted by molar-refractivity contribution is 6.30. The van der Waals surface area contributed by atoms with E-state index < -0.39 is 0 Å². The molecule has 4 nitrogen and oxygen atoms in total. The van der Waals surface area contributed by atoms with E-state index in [1.807, 2.05) is 6.92 Å². The Kier molecular flexibility index (Phi) is 3.01. The molecule has 82 valence electrons. The average Bonchev–Trinajstić information content (AvgIpc) is 2.65. The maximum Gasteiger partial charge on any atom is 0.182 e. The van der Waals surface area contributed by atoms with Gasteiger partial charge >= 0.3 is 0 Å². The summed E-state index contributed by atoms with van der Waals surface area (Å²) in [5.74, 6) is 0.738. The molecular weight excluding hydrogens is 226 g/mol. The molecule has 5 heteroatoms. The van der Waals surface area contributed by atoms with E-state index in [4.69, 9.17) is 11.6 Å². The van der Waals surface area contributed by atoms with Crippen LogP contribution in [0.2, 0.25) is 5.02 Å². The van der Waals surface area contributed by atoms with Gasteiger partial charge in [0.25, 0.3) is 0 Å². The van der Waals surface area contributed by atoms with E-state index in [1.165, 1.54) is 0 Å². The molecule has 1 aromatic carbocycles. The summed E-state index contributed by atoms with van der Waals surface area (Å²) in [6.45, 7) is 2.06. The van der Waals surface area contributed by atoms with Crippen molar-refractivity contribution in [3.05, 3.63) is 47.0 Å². The first kappa shape index (κ1) is 10.8. The van der Waals surface area contributed by atoms with Gasteiger partial charge in [-0.15, -0.1) is 10.2 Å². The van der Waals surface area contributed by atoms with Gasteiger partial charge in [-0.1, -0.05) is 11.6 Å². The van der Waals surface area contributed by atoms with Crippen LogP contribution >= 0.6 is 11.6 Å². The number of carbonyl (C=O) groups is 1. The first-order valence-electron chi connectivity index (χ1n) is 4.80. The maximum absolute atomic E-state index is 11.9. The summed E-state index contributed by atoms with van der Waals surface area (Å²) in [6, 6.07) is 6.83. The fraction of sp³-hybridized carbons (Fsp3) is 0.182. The molecule has 0 N–H and O–H groups in total. The number of rotatable bonds is 3. The first-order valence-corrected chi connectivity index (χ1v) is 5.18. The summed E-state index contributed by atoms with van der Waals surface area (Å²) >= 11 is 5.75. The Morgan fingerprint density at radius 3 is 2.62 bits per heavy atom. The third-order valence-electron chi connectivity index (χ3n) is 2.29. The molecule has 1 heterocycles. The van der Waals surface area contributed by atoms with Crippen molar-refractivity contribution in [2.24, 2.45) is 0 Å². The van der Waals surface area contributed by atoms with Gasteiger partial charge in [0, 0.05) is 10.6 Å². The van der Waals surface area contributed by atoms with Crippen molar-refractivity contribution >= 4 is 17.4 Å². The second-order valence-corrected chi connectivity index (χ2v) is 3.87. The molecule has 1 aromatic heterocycles. The van der Waals surface area contributed by atoms with Crippen LogP contribution in [0.15, 0.2) is 30.6 Å². The number of hydrogen-bond donors (Lipinski definition) is 0. The van der Waals surface area contributed by atoms with Crippen molar-refractivity contribution in [1.82, 2.24) is 14.8 Å². The minimum atomic E-state index is 0.0135. The summed E-state index contributed by atoms with van der Waals surface area (Å²) in [5, 5.41) is 8.16. The summed E-state index contributed by atoms with van der Waals surface area (Å²) in [5.41, 5.74) is 0.637. The predicted octanol–water partition coefficient (Wildman–Crippen LogP) is 2.12. The van der Waals surface area contributed by atoms with Crippen LogP contribution in [-0.4, -0.2) is 20.5 Å². The Labute approximate surface area is 97.9 Å². The zero-order valence-electron chi connectivity index (χ0n) is 8.72. The summed E-state index contributed by atoms with van der Waals surface area (Å²) in [7, 11) is 0. The number of aromatic nitrogens is 3. The van der Waals surface area contributed by atoms with E-state index in [2.05, 4.69) is 10.2 Å².